The first-order valence-corrected chi connectivity index (χ1v) is 9.74. The number of thiophene rings is 1. The van der Waals surface area contributed by atoms with Gasteiger partial charge in [0.15, 0.2) is 5.96 Å². The zero-order valence-corrected chi connectivity index (χ0v) is 18.9. The van der Waals surface area contributed by atoms with E-state index in [1.807, 2.05) is 0 Å². The Morgan fingerprint density at radius 1 is 1.50 bits per heavy atom. The van der Waals surface area contributed by atoms with Crippen LogP contribution in [-0.2, 0) is 9.53 Å². The number of ether oxygens (including phenoxy) is 1. The number of hydrogen-bond acceptors (Lipinski definition) is 4. The Kier molecular flexibility index (Phi) is 7.72. The van der Waals surface area contributed by atoms with Crippen LogP contribution in [0.4, 0.5) is 0 Å². The van der Waals surface area contributed by atoms with Crippen molar-refractivity contribution in [3.05, 3.63) is 22.4 Å². The Balaban J connectivity index is 0.00000243. The third-order valence-corrected chi connectivity index (χ3v) is 6.16. The molecule has 2 fully saturated rings. The number of hydrogen-bond donors (Lipinski definition) is 1. The van der Waals surface area contributed by atoms with E-state index in [-0.39, 0.29) is 47.9 Å². The predicted octanol–water partition coefficient (Wildman–Crippen LogP) is 2.57. The molecule has 0 aliphatic carbocycles. The summed E-state index contributed by atoms with van der Waals surface area (Å²) in [5.41, 5.74) is 0.264. The fourth-order valence-electron chi connectivity index (χ4n) is 3.41. The molecule has 3 rings (SSSR count). The predicted molar refractivity (Wildman–Crippen MR) is 116 cm³/mol. The summed E-state index contributed by atoms with van der Waals surface area (Å²) in [5, 5.41) is 5.62. The average Bonchev–Trinajstić information content (AvgIpc) is 3.34. The first kappa shape index (κ1) is 21.4. The molecule has 2 saturated heterocycles. The molecule has 146 valence electrons. The molecule has 2 atom stereocenters. The van der Waals surface area contributed by atoms with Crippen LogP contribution in [0.5, 0.6) is 0 Å². The van der Waals surface area contributed by atoms with E-state index >= 15 is 0 Å². The fourth-order valence-corrected chi connectivity index (χ4v) is 4.15. The normalized spacial score (nSPS) is 23.8. The summed E-state index contributed by atoms with van der Waals surface area (Å²) >= 11 is 1.73. The molecule has 0 aromatic carbocycles. The van der Waals surface area contributed by atoms with Gasteiger partial charge in [-0.3, -0.25) is 4.79 Å². The van der Waals surface area contributed by atoms with E-state index in [4.69, 9.17) is 4.74 Å². The molecule has 8 heteroatoms. The van der Waals surface area contributed by atoms with Gasteiger partial charge in [-0.05, 0) is 31.2 Å². The molecule has 0 radical (unpaired) electrons. The Hall–Kier alpha value is -0.870. The molecule has 1 amide bonds. The molecule has 2 unspecified atom stereocenters. The van der Waals surface area contributed by atoms with Gasteiger partial charge >= 0.3 is 0 Å². The molecule has 3 heterocycles. The summed E-state index contributed by atoms with van der Waals surface area (Å²) in [6.07, 6.45) is 2.25. The molecule has 1 spiro atoms. The molecular formula is C18H29IN4O2S. The van der Waals surface area contributed by atoms with Gasteiger partial charge in [0.05, 0.1) is 12.6 Å². The first-order chi connectivity index (χ1) is 12.0. The van der Waals surface area contributed by atoms with Crippen molar-refractivity contribution in [3.63, 3.8) is 0 Å². The topological polar surface area (TPSA) is 57.2 Å². The second kappa shape index (κ2) is 9.36. The Labute approximate surface area is 177 Å². The number of nitrogens with zero attached hydrogens (tertiary/aromatic N) is 3. The Bertz CT molecular complexity index is 615. The molecule has 0 bridgehead atoms. The molecule has 1 aromatic heterocycles. The van der Waals surface area contributed by atoms with E-state index < -0.39 is 0 Å². The minimum absolute atomic E-state index is 0. The van der Waals surface area contributed by atoms with E-state index in [9.17, 15) is 4.79 Å². The quantitative estimate of drug-likeness (QED) is 0.399. The van der Waals surface area contributed by atoms with E-state index in [1.165, 1.54) is 4.88 Å². The Morgan fingerprint density at radius 2 is 2.31 bits per heavy atom. The van der Waals surface area contributed by atoms with E-state index in [0.29, 0.717) is 0 Å². The van der Waals surface area contributed by atoms with Gasteiger partial charge < -0.3 is 19.9 Å². The number of likely N-dealkylation sites (N-methyl/N-ethyl adjacent to an activating group) is 1. The summed E-state index contributed by atoms with van der Waals surface area (Å²) in [7, 11) is 3.53. The summed E-state index contributed by atoms with van der Waals surface area (Å²) < 4.78 is 5.63. The number of guanidine groups is 1. The number of likely N-dealkylation sites (tertiary alicyclic amines) is 1. The van der Waals surface area contributed by atoms with Gasteiger partial charge in [-0.2, -0.15) is 0 Å². The minimum atomic E-state index is 0. The number of amides is 1. The molecule has 1 N–H and O–H groups in total. The minimum Gasteiger partial charge on any atom is -0.381 e. The summed E-state index contributed by atoms with van der Waals surface area (Å²) in [4.78, 5) is 21.8. The molecule has 2 aliphatic rings. The number of carbonyl (C=O) groups excluding carboxylic acids is 1. The lowest BCUT2D eigenvalue weighted by Crippen LogP contribution is -2.43. The fraction of sp³-hybridized carbons (Fsp3) is 0.667. The molecule has 6 nitrogen and oxygen atoms in total. The maximum atomic E-state index is 12.0. The average molecular weight is 492 g/mol. The van der Waals surface area contributed by atoms with Crippen molar-refractivity contribution in [3.8, 4) is 0 Å². The SMILES string of the molecule is CC(NC(=NCC(=O)N(C)C)N1CCC2(CCOC2)C1)c1cccs1.I. The summed E-state index contributed by atoms with van der Waals surface area (Å²) in [6.45, 7) is 5.92. The largest absolute Gasteiger partial charge is 0.381 e. The highest BCUT2D eigenvalue weighted by molar-refractivity contribution is 14.0. The van der Waals surface area contributed by atoms with Crippen LogP contribution in [0, 0.1) is 5.41 Å². The third kappa shape index (κ3) is 5.10. The van der Waals surface area contributed by atoms with Gasteiger partial charge in [-0.15, -0.1) is 35.3 Å². The second-order valence-electron chi connectivity index (χ2n) is 7.28. The lowest BCUT2D eigenvalue weighted by Gasteiger charge is -2.27. The lowest BCUT2D eigenvalue weighted by atomic mass is 9.87. The van der Waals surface area contributed by atoms with Crippen molar-refractivity contribution in [1.82, 2.24) is 15.1 Å². The van der Waals surface area contributed by atoms with Gasteiger partial charge in [0.2, 0.25) is 5.91 Å². The maximum Gasteiger partial charge on any atom is 0.243 e. The van der Waals surface area contributed by atoms with Crippen molar-refractivity contribution in [2.24, 2.45) is 10.4 Å². The van der Waals surface area contributed by atoms with Crippen molar-refractivity contribution < 1.29 is 9.53 Å². The van der Waals surface area contributed by atoms with E-state index in [2.05, 4.69) is 39.6 Å². The van der Waals surface area contributed by atoms with E-state index in [1.54, 1.807) is 30.3 Å². The number of halogens is 1. The molecule has 0 saturated carbocycles. The molecule has 2 aliphatic heterocycles. The Morgan fingerprint density at radius 3 is 2.92 bits per heavy atom. The lowest BCUT2D eigenvalue weighted by molar-refractivity contribution is -0.127. The highest BCUT2D eigenvalue weighted by atomic mass is 127. The van der Waals surface area contributed by atoms with Crippen LogP contribution in [0.15, 0.2) is 22.5 Å². The van der Waals surface area contributed by atoms with Crippen molar-refractivity contribution in [2.45, 2.75) is 25.8 Å². The standard InChI is InChI=1S/C18H28N4O2S.HI/c1-14(15-5-4-10-25-15)20-17(19-11-16(23)21(2)3)22-8-6-18(12-22)7-9-24-13-18;/h4-5,10,14H,6-9,11-13H2,1-3H3,(H,19,20);1H. The van der Waals surface area contributed by atoms with Gasteiger partial charge in [0.25, 0.3) is 0 Å². The molecule has 26 heavy (non-hydrogen) atoms. The van der Waals surface area contributed by atoms with Gasteiger partial charge in [0, 0.05) is 44.1 Å². The van der Waals surface area contributed by atoms with Crippen LogP contribution in [0.25, 0.3) is 0 Å². The smallest absolute Gasteiger partial charge is 0.243 e. The summed E-state index contributed by atoms with van der Waals surface area (Å²) in [6, 6.07) is 4.36. The van der Waals surface area contributed by atoms with Crippen LogP contribution in [0.1, 0.15) is 30.7 Å². The highest BCUT2D eigenvalue weighted by Gasteiger charge is 2.42. The van der Waals surface area contributed by atoms with Crippen molar-refractivity contribution >= 4 is 47.2 Å². The van der Waals surface area contributed by atoms with Crippen LogP contribution in [0.2, 0.25) is 0 Å². The summed E-state index contributed by atoms with van der Waals surface area (Å²) in [5.74, 6) is 0.848. The number of carbonyl (C=O) groups is 1. The number of aliphatic imine (C=N–C) groups is 1. The highest BCUT2D eigenvalue weighted by Crippen LogP contribution is 2.38. The second-order valence-corrected chi connectivity index (χ2v) is 8.26. The molecular weight excluding hydrogens is 463 g/mol. The number of rotatable bonds is 4. The van der Waals surface area contributed by atoms with Crippen LogP contribution in [-0.4, -0.2) is 68.6 Å². The van der Waals surface area contributed by atoms with Crippen LogP contribution >= 0.6 is 35.3 Å². The van der Waals surface area contributed by atoms with E-state index in [0.717, 1.165) is 45.1 Å². The zero-order chi connectivity index (χ0) is 17.9. The first-order valence-electron chi connectivity index (χ1n) is 8.86. The van der Waals surface area contributed by atoms with Crippen molar-refractivity contribution in [2.75, 3.05) is 46.9 Å². The van der Waals surface area contributed by atoms with Gasteiger partial charge in [-0.25, -0.2) is 4.99 Å². The third-order valence-electron chi connectivity index (χ3n) is 5.10. The maximum absolute atomic E-state index is 12.0. The van der Waals surface area contributed by atoms with Gasteiger partial charge in [0.1, 0.15) is 6.54 Å². The van der Waals surface area contributed by atoms with Crippen molar-refractivity contribution in [1.29, 1.82) is 0 Å². The number of nitrogens with one attached hydrogen (secondary N) is 1. The monoisotopic (exact) mass is 492 g/mol. The zero-order valence-electron chi connectivity index (χ0n) is 15.7. The van der Waals surface area contributed by atoms with Crippen LogP contribution in [0.3, 0.4) is 0 Å². The van der Waals surface area contributed by atoms with Gasteiger partial charge in [-0.1, -0.05) is 6.07 Å². The molecule has 1 aromatic rings. The van der Waals surface area contributed by atoms with Crippen LogP contribution < -0.4 is 5.32 Å².